The van der Waals surface area contributed by atoms with E-state index < -0.39 is 5.97 Å². The van der Waals surface area contributed by atoms with Crippen molar-refractivity contribution in [2.45, 2.75) is 13.3 Å². The molecule has 1 aromatic carbocycles. The number of benzene rings is 1. The third-order valence-corrected chi connectivity index (χ3v) is 2.66. The average molecular weight is 219 g/mol. The topological polar surface area (TPSA) is 62.3 Å². The molecule has 0 saturated carbocycles. The minimum Gasteiger partial charge on any atom is -0.506 e. The van der Waals surface area contributed by atoms with Crippen molar-refractivity contribution in [1.29, 1.82) is 0 Å². The molecular weight excluding hydrogens is 206 g/mol. The van der Waals surface area contributed by atoms with Crippen LogP contribution < -0.4 is 0 Å². The molecule has 1 aromatic heterocycles. The smallest absolute Gasteiger partial charge is 0.338 e. The molecule has 0 radical (unpaired) electrons. The van der Waals surface area contributed by atoms with Gasteiger partial charge < -0.3 is 14.8 Å². The van der Waals surface area contributed by atoms with E-state index in [2.05, 4.69) is 9.72 Å². The van der Waals surface area contributed by atoms with Gasteiger partial charge in [0.25, 0.3) is 0 Å². The number of carbonyl (C=O) groups is 1. The van der Waals surface area contributed by atoms with Crippen LogP contribution in [0.25, 0.3) is 10.9 Å². The second-order valence-electron chi connectivity index (χ2n) is 3.58. The molecular formula is C12H13NO3. The molecule has 2 aromatic rings. The van der Waals surface area contributed by atoms with Crippen LogP contribution in [-0.4, -0.2) is 23.2 Å². The second kappa shape index (κ2) is 3.89. The van der Waals surface area contributed by atoms with Gasteiger partial charge in [0.15, 0.2) is 0 Å². The van der Waals surface area contributed by atoms with Crippen molar-refractivity contribution in [2.75, 3.05) is 7.11 Å². The van der Waals surface area contributed by atoms with Crippen LogP contribution in [0.4, 0.5) is 0 Å². The van der Waals surface area contributed by atoms with Gasteiger partial charge in [-0.2, -0.15) is 0 Å². The number of ether oxygens (including phenoxy) is 1. The molecule has 0 amide bonds. The Kier molecular flexibility index (Phi) is 2.56. The Bertz CT molecular complexity index is 542. The highest BCUT2D eigenvalue weighted by Gasteiger charge is 2.12. The van der Waals surface area contributed by atoms with Crippen LogP contribution in [0.3, 0.4) is 0 Å². The van der Waals surface area contributed by atoms with Gasteiger partial charge in [0.1, 0.15) is 5.75 Å². The number of methoxy groups -OCH3 is 1. The second-order valence-corrected chi connectivity index (χ2v) is 3.58. The molecule has 0 spiro atoms. The first kappa shape index (κ1) is 10.5. The van der Waals surface area contributed by atoms with E-state index in [1.165, 1.54) is 13.2 Å². The summed E-state index contributed by atoms with van der Waals surface area (Å²) in [5.41, 5.74) is 2.09. The predicted molar refractivity (Wildman–Crippen MR) is 60.7 cm³/mol. The maximum Gasteiger partial charge on any atom is 0.338 e. The Morgan fingerprint density at radius 1 is 1.50 bits per heavy atom. The van der Waals surface area contributed by atoms with Gasteiger partial charge in [0, 0.05) is 11.6 Å². The summed E-state index contributed by atoms with van der Waals surface area (Å²) in [7, 11) is 1.32. The van der Waals surface area contributed by atoms with E-state index in [0.717, 1.165) is 17.4 Å². The highest BCUT2D eigenvalue weighted by atomic mass is 16.5. The van der Waals surface area contributed by atoms with Crippen molar-refractivity contribution in [2.24, 2.45) is 0 Å². The minimum absolute atomic E-state index is 0.0672. The number of rotatable bonds is 2. The summed E-state index contributed by atoms with van der Waals surface area (Å²) < 4.78 is 4.63. The molecule has 84 valence electrons. The number of aromatic hydroxyl groups is 1. The molecule has 4 heteroatoms. The monoisotopic (exact) mass is 219 g/mol. The van der Waals surface area contributed by atoms with E-state index in [4.69, 9.17) is 0 Å². The van der Waals surface area contributed by atoms with Gasteiger partial charge in [-0.1, -0.05) is 6.92 Å². The number of aryl methyl sites for hydroxylation is 1. The van der Waals surface area contributed by atoms with Gasteiger partial charge in [-0.25, -0.2) is 4.79 Å². The molecule has 2 rings (SSSR count). The average Bonchev–Trinajstić information content (AvgIpc) is 2.71. The number of nitrogens with one attached hydrogen (secondary N) is 1. The first-order valence-electron chi connectivity index (χ1n) is 5.08. The molecule has 0 aliphatic carbocycles. The Balaban J connectivity index is 2.68. The maximum absolute atomic E-state index is 11.4. The molecule has 0 bridgehead atoms. The number of esters is 1. The minimum atomic E-state index is -0.444. The van der Waals surface area contributed by atoms with Crippen molar-refractivity contribution >= 4 is 16.9 Å². The maximum atomic E-state index is 11.4. The Morgan fingerprint density at radius 2 is 2.25 bits per heavy atom. The molecule has 0 unspecified atom stereocenters. The number of phenols is 1. The number of aromatic nitrogens is 1. The van der Waals surface area contributed by atoms with Crippen LogP contribution in [0.5, 0.6) is 5.75 Å². The fraction of sp³-hybridized carbons (Fsp3) is 0.250. The number of carbonyl (C=O) groups excluding carboxylic acids is 1. The van der Waals surface area contributed by atoms with Gasteiger partial charge in [-0.05, 0) is 24.1 Å². The Hall–Kier alpha value is -1.97. The first-order valence-corrected chi connectivity index (χ1v) is 5.08. The zero-order chi connectivity index (χ0) is 11.7. The van der Waals surface area contributed by atoms with Crippen LogP contribution in [0.2, 0.25) is 0 Å². The number of aromatic amines is 1. The molecule has 1 heterocycles. The van der Waals surface area contributed by atoms with E-state index in [0.29, 0.717) is 11.1 Å². The lowest BCUT2D eigenvalue weighted by Gasteiger charge is -2.02. The van der Waals surface area contributed by atoms with Crippen LogP contribution in [0.15, 0.2) is 18.3 Å². The lowest BCUT2D eigenvalue weighted by Crippen LogP contribution is -2.00. The van der Waals surface area contributed by atoms with E-state index in [-0.39, 0.29) is 5.75 Å². The summed E-state index contributed by atoms with van der Waals surface area (Å²) in [4.78, 5) is 14.4. The van der Waals surface area contributed by atoms with Gasteiger partial charge in [0.05, 0.1) is 18.2 Å². The summed E-state index contributed by atoms with van der Waals surface area (Å²) in [6, 6.07) is 3.14. The molecule has 0 aliphatic heterocycles. The molecule has 16 heavy (non-hydrogen) atoms. The van der Waals surface area contributed by atoms with Crippen molar-refractivity contribution in [3.05, 3.63) is 29.5 Å². The molecule has 0 saturated heterocycles. The highest BCUT2D eigenvalue weighted by molar-refractivity contribution is 5.98. The van der Waals surface area contributed by atoms with E-state index in [1.54, 1.807) is 6.07 Å². The molecule has 4 nitrogen and oxygen atoms in total. The van der Waals surface area contributed by atoms with Crippen LogP contribution >= 0.6 is 0 Å². The van der Waals surface area contributed by atoms with Crippen molar-refractivity contribution in [3.8, 4) is 5.75 Å². The summed E-state index contributed by atoms with van der Waals surface area (Å²) >= 11 is 0. The summed E-state index contributed by atoms with van der Waals surface area (Å²) in [6.45, 7) is 2.02. The van der Waals surface area contributed by atoms with Gasteiger partial charge in [0.2, 0.25) is 0 Å². The summed E-state index contributed by atoms with van der Waals surface area (Å²) in [6.07, 6.45) is 2.68. The fourth-order valence-corrected chi connectivity index (χ4v) is 1.80. The third kappa shape index (κ3) is 1.52. The van der Waals surface area contributed by atoms with Crippen molar-refractivity contribution in [3.63, 3.8) is 0 Å². The number of hydrogen-bond donors (Lipinski definition) is 2. The SMILES string of the molecule is CCc1c[nH]c2c(O)cc(C(=O)OC)cc12. The first-order chi connectivity index (χ1) is 7.67. The predicted octanol–water partition coefficient (Wildman–Crippen LogP) is 2.22. The molecule has 0 fully saturated rings. The number of fused-ring (bicyclic) bond motifs is 1. The lowest BCUT2D eigenvalue weighted by molar-refractivity contribution is 0.0600. The normalized spacial score (nSPS) is 10.6. The molecule has 2 N–H and O–H groups in total. The van der Waals surface area contributed by atoms with E-state index in [1.807, 2.05) is 13.1 Å². The Morgan fingerprint density at radius 3 is 2.88 bits per heavy atom. The van der Waals surface area contributed by atoms with Crippen LogP contribution in [0.1, 0.15) is 22.8 Å². The fourth-order valence-electron chi connectivity index (χ4n) is 1.80. The molecule has 0 atom stereocenters. The standard InChI is InChI=1S/C12H13NO3/c1-3-7-6-13-11-9(7)4-8(5-10(11)14)12(15)16-2/h4-6,13-14H,3H2,1-2H3. The number of phenolic OH excluding ortho intramolecular Hbond substituents is 1. The highest BCUT2D eigenvalue weighted by Crippen LogP contribution is 2.28. The summed E-state index contributed by atoms with van der Waals surface area (Å²) in [5.74, 6) is -0.377. The van der Waals surface area contributed by atoms with Crippen LogP contribution in [-0.2, 0) is 11.2 Å². The Labute approximate surface area is 92.9 Å². The van der Waals surface area contributed by atoms with Crippen LogP contribution in [0, 0.1) is 0 Å². The van der Waals surface area contributed by atoms with Crippen molar-refractivity contribution < 1.29 is 14.6 Å². The van der Waals surface area contributed by atoms with E-state index in [9.17, 15) is 9.90 Å². The number of H-pyrrole nitrogens is 1. The molecule has 0 aliphatic rings. The largest absolute Gasteiger partial charge is 0.506 e. The number of hydrogen-bond acceptors (Lipinski definition) is 3. The lowest BCUT2D eigenvalue weighted by atomic mass is 10.1. The van der Waals surface area contributed by atoms with Gasteiger partial charge >= 0.3 is 5.97 Å². The summed E-state index contributed by atoms with van der Waals surface area (Å²) in [5, 5.41) is 10.6. The zero-order valence-corrected chi connectivity index (χ0v) is 9.20. The zero-order valence-electron chi connectivity index (χ0n) is 9.20. The third-order valence-electron chi connectivity index (χ3n) is 2.66. The van der Waals surface area contributed by atoms with Gasteiger partial charge in [-0.15, -0.1) is 0 Å². The quantitative estimate of drug-likeness (QED) is 0.761. The van der Waals surface area contributed by atoms with Crippen molar-refractivity contribution in [1.82, 2.24) is 4.98 Å². The van der Waals surface area contributed by atoms with Gasteiger partial charge in [-0.3, -0.25) is 0 Å². The van der Waals surface area contributed by atoms with E-state index >= 15 is 0 Å².